The van der Waals surface area contributed by atoms with Gasteiger partial charge in [-0.3, -0.25) is 4.79 Å². The third-order valence-electron chi connectivity index (χ3n) is 3.94. The predicted octanol–water partition coefficient (Wildman–Crippen LogP) is 2.03. The molecule has 1 fully saturated rings. The van der Waals surface area contributed by atoms with Crippen molar-refractivity contribution in [1.82, 2.24) is 14.9 Å². The Hall–Kier alpha value is -2.96. The molecule has 0 spiro atoms. The molecule has 24 heavy (non-hydrogen) atoms. The number of ketones is 1. The summed E-state index contributed by atoms with van der Waals surface area (Å²) in [5.74, 6) is 0.699. The zero-order valence-corrected chi connectivity index (χ0v) is 13.5. The van der Waals surface area contributed by atoms with Crippen LogP contribution in [0.25, 0.3) is 0 Å². The maximum atomic E-state index is 12.3. The molecule has 0 aliphatic carbocycles. The van der Waals surface area contributed by atoms with Crippen LogP contribution in [0.2, 0.25) is 0 Å². The number of Topliss-reactive ketones (excluding diaryl/α,β-unsaturated/α-hetero) is 1. The quantitative estimate of drug-likeness (QED) is 0.874. The second kappa shape index (κ2) is 7.08. The number of aromatic nitrogens is 2. The Bertz CT molecular complexity index is 710. The van der Waals surface area contributed by atoms with Gasteiger partial charge in [0.15, 0.2) is 5.78 Å². The van der Waals surface area contributed by atoms with Gasteiger partial charge in [-0.1, -0.05) is 0 Å². The van der Waals surface area contributed by atoms with Gasteiger partial charge < -0.3 is 15.1 Å². The zero-order valence-electron chi connectivity index (χ0n) is 13.5. The van der Waals surface area contributed by atoms with E-state index in [0.717, 1.165) is 0 Å². The van der Waals surface area contributed by atoms with Gasteiger partial charge in [-0.05, 0) is 37.3 Å². The summed E-state index contributed by atoms with van der Waals surface area (Å²) in [6, 6.07) is 8.54. The molecule has 1 aliphatic heterocycles. The van der Waals surface area contributed by atoms with Crippen molar-refractivity contribution < 1.29 is 9.59 Å². The Kier molecular flexibility index (Phi) is 4.69. The summed E-state index contributed by atoms with van der Waals surface area (Å²) >= 11 is 0. The average molecular weight is 325 g/mol. The van der Waals surface area contributed by atoms with E-state index in [4.69, 9.17) is 0 Å². The molecule has 1 aromatic carbocycles. The van der Waals surface area contributed by atoms with Crippen molar-refractivity contribution in [2.24, 2.45) is 0 Å². The van der Waals surface area contributed by atoms with Crippen LogP contribution in [0.4, 0.5) is 16.4 Å². The second-order valence-electron chi connectivity index (χ2n) is 5.59. The Labute approximate surface area is 140 Å². The average Bonchev–Trinajstić information content (AvgIpc) is 2.63. The summed E-state index contributed by atoms with van der Waals surface area (Å²) in [7, 11) is 0. The van der Waals surface area contributed by atoms with Crippen molar-refractivity contribution in [3.63, 3.8) is 0 Å². The van der Waals surface area contributed by atoms with Crippen LogP contribution in [-0.2, 0) is 0 Å². The first kappa shape index (κ1) is 15.9. The van der Waals surface area contributed by atoms with Crippen LogP contribution in [-0.4, -0.2) is 52.9 Å². The number of hydrogen-bond donors (Lipinski definition) is 1. The van der Waals surface area contributed by atoms with Gasteiger partial charge in [0.05, 0.1) is 0 Å². The number of amides is 2. The van der Waals surface area contributed by atoms with Crippen LogP contribution in [0, 0.1) is 0 Å². The van der Waals surface area contributed by atoms with Crippen molar-refractivity contribution in [2.75, 3.05) is 36.4 Å². The molecule has 0 unspecified atom stereocenters. The molecule has 0 atom stereocenters. The maximum Gasteiger partial charge on any atom is 0.321 e. The second-order valence-corrected chi connectivity index (χ2v) is 5.59. The Balaban J connectivity index is 1.54. The molecule has 3 rings (SSSR count). The van der Waals surface area contributed by atoms with Crippen LogP contribution < -0.4 is 10.2 Å². The first-order chi connectivity index (χ1) is 11.6. The van der Waals surface area contributed by atoms with Gasteiger partial charge in [0.25, 0.3) is 0 Å². The SMILES string of the molecule is CC(=O)c1ccc(NC(=O)N2CCN(c3ncccn3)CC2)cc1. The van der Waals surface area contributed by atoms with E-state index in [2.05, 4.69) is 20.2 Å². The summed E-state index contributed by atoms with van der Waals surface area (Å²) in [6.07, 6.45) is 3.43. The van der Waals surface area contributed by atoms with E-state index in [-0.39, 0.29) is 11.8 Å². The molecule has 0 bridgehead atoms. The lowest BCUT2D eigenvalue weighted by Crippen LogP contribution is -2.50. The van der Waals surface area contributed by atoms with Gasteiger partial charge in [-0.2, -0.15) is 0 Å². The molecule has 2 amide bonds. The minimum atomic E-state index is -0.140. The van der Waals surface area contributed by atoms with E-state index < -0.39 is 0 Å². The van der Waals surface area contributed by atoms with Gasteiger partial charge in [-0.15, -0.1) is 0 Å². The van der Waals surface area contributed by atoms with Crippen molar-refractivity contribution in [1.29, 1.82) is 0 Å². The van der Waals surface area contributed by atoms with Gasteiger partial charge in [0, 0.05) is 49.8 Å². The Morgan fingerprint density at radius 1 is 1.00 bits per heavy atom. The van der Waals surface area contributed by atoms with Crippen LogP contribution in [0.5, 0.6) is 0 Å². The van der Waals surface area contributed by atoms with Gasteiger partial charge in [0.1, 0.15) is 0 Å². The highest BCUT2D eigenvalue weighted by molar-refractivity contribution is 5.95. The van der Waals surface area contributed by atoms with Crippen LogP contribution >= 0.6 is 0 Å². The lowest BCUT2D eigenvalue weighted by Gasteiger charge is -2.34. The molecular formula is C17H19N5O2. The van der Waals surface area contributed by atoms with Crippen LogP contribution in [0.15, 0.2) is 42.7 Å². The molecule has 7 heteroatoms. The molecule has 1 saturated heterocycles. The third kappa shape index (κ3) is 3.68. The molecule has 0 radical (unpaired) electrons. The number of nitrogens with one attached hydrogen (secondary N) is 1. The first-order valence-corrected chi connectivity index (χ1v) is 7.82. The van der Waals surface area contributed by atoms with Crippen LogP contribution in [0.1, 0.15) is 17.3 Å². The summed E-state index contributed by atoms with van der Waals surface area (Å²) < 4.78 is 0. The fourth-order valence-corrected chi connectivity index (χ4v) is 2.55. The topological polar surface area (TPSA) is 78.4 Å². The standard InChI is InChI=1S/C17H19N5O2/c1-13(23)14-3-5-15(6-4-14)20-17(24)22-11-9-21(10-12-22)16-18-7-2-8-19-16/h2-8H,9-12H2,1H3,(H,20,24). The van der Waals surface area contributed by atoms with Crippen molar-refractivity contribution in [2.45, 2.75) is 6.92 Å². The van der Waals surface area contributed by atoms with E-state index in [0.29, 0.717) is 43.4 Å². The van der Waals surface area contributed by atoms with E-state index in [1.807, 2.05) is 0 Å². The largest absolute Gasteiger partial charge is 0.337 e. The highest BCUT2D eigenvalue weighted by Crippen LogP contribution is 2.13. The number of anilines is 2. The number of nitrogens with zero attached hydrogens (tertiary/aromatic N) is 4. The molecular weight excluding hydrogens is 306 g/mol. The number of hydrogen-bond acceptors (Lipinski definition) is 5. The van der Waals surface area contributed by atoms with E-state index in [1.54, 1.807) is 47.6 Å². The number of benzene rings is 1. The number of carbonyl (C=O) groups excluding carboxylic acids is 2. The molecule has 7 nitrogen and oxygen atoms in total. The molecule has 124 valence electrons. The van der Waals surface area contributed by atoms with E-state index >= 15 is 0 Å². The highest BCUT2D eigenvalue weighted by Gasteiger charge is 2.22. The number of piperazine rings is 1. The number of carbonyl (C=O) groups is 2. The first-order valence-electron chi connectivity index (χ1n) is 7.82. The smallest absolute Gasteiger partial charge is 0.321 e. The summed E-state index contributed by atoms with van der Waals surface area (Å²) in [6.45, 7) is 4.12. The monoisotopic (exact) mass is 325 g/mol. The molecule has 1 N–H and O–H groups in total. The van der Waals surface area contributed by atoms with E-state index in [9.17, 15) is 9.59 Å². The minimum Gasteiger partial charge on any atom is -0.337 e. The third-order valence-corrected chi connectivity index (χ3v) is 3.94. The fraction of sp³-hybridized carbons (Fsp3) is 0.294. The molecule has 1 aliphatic rings. The lowest BCUT2D eigenvalue weighted by molar-refractivity contribution is 0.101. The maximum absolute atomic E-state index is 12.3. The van der Waals surface area contributed by atoms with Gasteiger partial charge >= 0.3 is 6.03 Å². The summed E-state index contributed by atoms with van der Waals surface area (Å²) in [5.41, 5.74) is 1.31. The van der Waals surface area contributed by atoms with Crippen molar-refractivity contribution in [3.05, 3.63) is 48.3 Å². The van der Waals surface area contributed by atoms with E-state index in [1.165, 1.54) is 6.92 Å². The number of rotatable bonds is 3. The molecule has 2 aromatic rings. The van der Waals surface area contributed by atoms with Crippen molar-refractivity contribution in [3.8, 4) is 0 Å². The highest BCUT2D eigenvalue weighted by atomic mass is 16.2. The zero-order chi connectivity index (χ0) is 16.9. The fourth-order valence-electron chi connectivity index (χ4n) is 2.55. The lowest BCUT2D eigenvalue weighted by atomic mass is 10.1. The van der Waals surface area contributed by atoms with Gasteiger partial charge in [-0.25, -0.2) is 14.8 Å². The van der Waals surface area contributed by atoms with Crippen LogP contribution in [0.3, 0.4) is 0 Å². The van der Waals surface area contributed by atoms with Crippen molar-refractivity contribution >= 4 is 23.5 Å². The molecule has 2 heterocycles. The molecule has 0 saturated carbocycles. The summed E-state index contributed by atoms with van der Waals surface area (Å²) in [5, 5.41) is 2.86. The van der Waals surface area contributed by atoms with Gasteiger partial charge in [0.2, 0.25) is 5.95 Å². The minimum absolute atomic E-state index is 0.00660. The predicted molar refractivity (Wildman–Crippen MR) is 91.3 cm³/mol. The molecule has 1 aromatic heterocycles. The Morgan fingerprint density at radius 3 is 2.21 bits per heavy atom. The Morgan fingerprint density at radius 2 is 1.62 bits per heavy atom. The summed E-state index contributed by atoms with van der Waals surface area (Å²) in [4.78, 5) is 35.9. The number of urea groups is 1. The normalized spacial score (nSPS) is 14.4.